The Bertz CT molecular complexity index is 148. The molecule has 1 saturated heterocycles. The van der Waals surface area contributed by atoms with Crippen LogP contribution in [0.15, 0.2) is 0 Å². The van der Waals surface area contributed by atoms with E-state index in [1.165, 1.54) is 52.0 Å². The summed E-state index contributed by atoms with van der Waals surface area (Å²) in [6.45, 7) is 8.73. The summed E-state index contributed by atoms with van der Waals surface area (Å²) in [6.07, 6.45) is 4.36. The van der Waals surface area contributed by atoms with Gasteiger partial charge in [-0.2, -0.15) is 0 Å². The monoisotopic (exact) mass is 182 g/mol. The van der Waals surface area contributed by atoms with E-state index in [-0.39, 0.29) is 0 Å². The highest BCUT2D eigenvalue weighted by molar-refractivity contribution is 4.80. The molecule has 1 aliphatic heterocycles. The van der Waals surface area contributed by atoms with Gasteiger partial charge >= 0.3 is 0 Å². The SMILES string of the molecule is CCN(CC1CC1)CC1CCNC1. The average Bonchev–Trinajstić information content (AvgIpc) is 2.80. The lowest BCUT2D eigenvalue weighted by Gasteiger charge is -2.23. The molecule has 1 aliphatic carbocycles. The van der Waals surface area contributed by atoms with E-state index in [0.717, 1.165) is 11.8 Å². The Morgan fingerprint density at radius 2 is 1.92 bits per heavy atom. The molecule has 0 aromatic heterocycles. The van der Waals surface area contributed by atoms with Crippen molar-refractivity contribution in [2.75, 3.05) is 32.7 Å². The van der Waals surface area contributed by atoms with Crippen molar-refractivity contribution in [2.24, 2.45) is 11.8 Å². The fourth-order valence-electron chi connectivity index (χ4n) is 2.23. The molecular weight excluding hydrogens is 160 g/mol. The van der Waals surface area contributed by atoms with Gasteiger partial charge < -0.3 is 10.2 Å². The van der Waals surface area contributed by atoms with Gasteiger partial charge in [0, 0.05) is 13.1 Å². The Hall–Kier alpha value is -0.0800. The Balaban J connectivity index is 1.68. The van der Waals surface area contributed by atoms with Gasteiger partial charge in [-0.1, -0.05) is 6.92 Å². The second-order valence-corrected chi connectivity index (χ2v) is 4.65. The summed E-state index contributed by atoms with van der Waals surface area (Å²) in [6, 6.07) is 0. The molecule has 0 aromatic rings. The van der Waals surface area contributed by atoms with Crippen molar-refractivity contribution in [3.63, 3.8) is 0 Å². The first kappa shape index (κ1) is 9.47. The van der Waals surface area contributed by atoms with Gasteiger partial charge in [0.25, 0.3) is 0 Å². The van der Waals surface area contributed by atoms with Crippen molar-refractivity contribution in [1.82, 2.24) is 10.2 Å². The Labute approximate surface area is 81.7 Å². The molecular formula is C11H22N2. The Morgan fingerprint density at radius 1 is 1.15 bits per heavy atom. The molecule has 1 saturated carbocycles. The van der Waals surface area contributed by atoms with Crippen LogP contribution in [0.3, 0.4) is 0 Å². The van der Waals surface area contributed by atoms with E-state index >= 15 is 0 Å². The van der Waals surface area contributed by atoms with Gasteiger partial charge in [0.15, 0.2) is 0 Å². The van der Waals surface area contributed by atoms with E-state index in [0.29, 0.717) is 0 Å². The van der Waals surface area contributed by atoms with Crippen LogP contribution >= 0.6 is 0 Å². The van der Waals surface area contributed by atoms with Gasteiger partial charge in [-0.05, 0) is 50.7 Å². The van der Waals surface area contributed by atoms with E-state index in [1.54, 1.807) is 0 Å². The summed E-state index contributed by atoms with van der Waals surface area (Å²) in [5, 5.41) is 3.44. The summed E-state index contributed by atoms with van der Waals surface area (Å²) in [5.74, 6) is 1.98. The summed E-state index contributed by atoms with van der Waals surface area (Å²) in [4.78, 5) is 2.65. The lowest BCUT2D eigenvalue weighted by molar-refractivity contribution is 0.239. The third kappa shape index (κ3) is 2.96. The normalized spacial score (nSPS) is 28.6. The van der Waals surface area contributed by atoms with Crippen LogP contribution in [0, 0.1) is 11.8 Å². The third-order valence-corrected chi connectivity index (χ3v) is 3.34. The molecule has 0 amide bonds. The quantitative estimate of drug-likeness (QED) is 0.690. The number of hydrogen-bond acceptors (Lipinski definition) is 2. The van der Waals surface area contributed by atoms with E-state index < -0.39 is 0 Å². The van der Waals surface area contributed by atoms with Crippen molar-refractivity contribution >= 4 is 0 Å². The molecule has 0 radical (unpaired) electrons. The maximum absolute atomic E-state index is 3.44. The summed E-state index contributed by atoms with van der Waals surface area (Å²) >= 11 is 0. The van der Waals surface area contributed by atoms with Gasteiger partial charge in [-0.25, -0.2) is 0 Å². The predicted molar refractivity (Wildman–Crippen MR) is 55.8 cm³/mol. The second kappa shape index (κ2) is 4.43. The molecule has 13 heavy (non-hydrogen) atoms. The van der Waals surface area contributed by atoms with Crippen molar-refractivity contribution in [1.29, 1.82) is 0 Å². The van der Waals surface area contributed by atoms with Crippen molar-refractivity contribution in [3.05, 3.63) is 0 Å². The maximum atomic E-state index is 3.44. The molecule has 0 aromatic carbocycles. The second-order valence-electron chi connectivity index (χ2n) is 4.65. The molecule has 2 rings (SSSR count). The molecule has 2 fully saturated rings. The topological polar surface area (TPSA) is 15.3 Å². The highest BCUT2D eigenvalue weighted by atomic mass is 15.1. The van der Waals surface area contributed by atoms with Gasteiger partial charge in [0.2, 0.25) is 0 Å². The minimum atomic E-state index is 0.929. The largest absolute Gasteiger partial charge is 0.316 e. The molecule has 1 N–H and O–H groups in total. The summed E-state index contributed by atoms with van der Waals surface area (Å²) in [7, 11) is 0. The third-order valence-electron chi connectivity index (χ3n) is 3.34. The zero-order valence-corrected chi connectivity index (χ0v) is 8.76. The first-order chi connectivity index (χ1) is 6.38. The van der Waals surface area contributed by atoms with Crippen LogP contribution in [0.2, 0.25) is 0 Å². The van der Waals surface area contributed by atoms with Crippen LogP contribution in [0.5, 0.6) is 0 Å². The maximum Gasteiger partial charge on any atom is 0.00223 e. The molecule has 0 spiro atoms. The van der Waals surface area contributed by atoms with E-state index in [2.05, 4.69) is 17.1 Å². The molecule has 1 unspecified atom stereocenters. The standard InChI is InChI=1S/C11H22N2/c1-2-13(8-10-3-4-10)9-11-5-6-12-7-11/h10-12H,2-9H2,1H3. The minimum absolute atomic E-state index is 0.929. The van der Waals surface area contributed by atoms with Crippen LogP contribution in [0.4, 0.5) is 0 Å². The average molecular weight is 182 g/mol. The van der Waals surface area contributed by atoms with Crippen LogP contribution in [-0.2, 0) is 0 Å². The van der Waals surface area contributed by atoms with E-state index in [1.807, 2.05) is 0 Å². The van der Waals surface area contributed by atoms with Crippen LogP contribution in [0.1, 0.15) is 26.2 Å². The molecule has 1 heterocycles. The number of nitrogens with zero attached hydrogens (tertiary/aromatic N) is 1. The Kier molecular flexibility index (Phi) is 3.23. The fraction of sp³-hybridized carbons (Fsp3) is 1.00. The zero-order valence-electron chi connectivity index (χ0n) is 8.76. The first-order valence-electron chi connectivity index (χ1n) is 5.81. The number of rotatable bonds is 5. The molecule has 2 nitrogen and oxygen atoms in total. The lowest BCUT2D eigenvalue weighted by atomic mass is 10.1. The van der Waals surface area contributed by atoms with Crippen LogP contribution < -0.4 is 5.32 Å². The smallest absolute Gasteiger partial charge is 0.00223 e. The van der Waals surface area contributed by atoms with Crippen molar-refractivity contribution < 1.29 is 0 Å². The van der Waals surface area contributed by atoms with E-state index in [4.69, 9.17) is 0 Å². The highest BCUT2D eigenvalue weighted by Crippen LogP contribution is 2.30. The Morgan fingerprint density at radius 3 is 2.46 bits per heavy atom. The number of hydrogen-bond donors (Lipinski definition) is 1. The molecule has 1 atom stereocenters. The van der Waals surface area contributed by atoms with Gasteiger partial charge in [0.1, 0.15) is 0 Å². The van der Waals surface area contributed by atoms with Gasteiger partial charge in [-0.15, -0.1) is 0 Å². The van der Waals surface area contributed by atoms with Crippen molar-refractivity contribution in [2.45, 2.75) is 26.2 Å². The molecule has 2 aliphatic rings. The van der Waals surface area contributed by atoms with Gasteiger partial charge in [-0.3, -0.25) is 0 Å². The molecule has 76 valence electrons. The van der Waals surface area contributed by atoms with Gasteiger partial charge in [0.05, 0.1) is 0 Å². The van der Waals surface area contributed by atoms with Crippen molar-refractivity contribution in [3.8, 4) is 0 Å². The van der Waals surface area contributed by atoms with Crippen LogP contribution in [-0.4, -0.2) is 37.6 Å². The molecule has 2 heteroatoms. The fourth-order valence-corrected chi connectivity index (χ4v) is 2.23. The first-order valence-corrected chi connectivity index (χ1v) is 5.81. The minimum Gasteiger partial charge on any atom is -0.316 e. The zero-order chi connectivity index (χ0) is 9.10. The predicted octanol–water partition coefficient (Wildman–Crippen LogP) is 1.33. The molecule has 0 bridgehead atoms. The lowest BCUT2D eigenvalue weighted by Crippen LogP contribution is -2.32. The number of nitrogens with one attached hydrogen (secondary N) is 1. The van der Waals surface area contributed by atoms with Crippen LogP contribution in [0.25, 0.3) is 0 Å². The van der Waals surface area contributed by atoms with E-state index in [9.17, 15) is 0 Å². The summed E-state index contributed by atoms with van der Waals surface area (Å²) < 4.78 is 0. The summed E-state index contributed by atoms with van der Waals surface area (Å²) in [5.41, 5.74) is 0. The highest BCUT2D eigenvalue weighted by Gasteiger charge is 2.25.